The van der Waals surface area contributed by atoms with E-state index in [-0.39, 0.29) is 29.6 Å². The molecular weight excluding hydrogens is 201 g/mol. The Labute approximate surface area is 81.0 Å². The van der Waals surface area contributed by atoms with E-state index in [9.17, 15) is 0 Å². The normalized spacial score (nSPS) is 7.22. The summed E-state index contributed by atoms with van der Waals surface area (Å²) >= 11 is -7.12. The number of hydrogen-bond acceptors (Lipinski definition) is 5. The van der Waals surface area contributed by atoms with Crippen LogP contribution in [0.3, 0.4) is 0 Å². The van der Waals surface area contributed by atoms with Gasteiger partial charge in [0.1, 0.15) is 0 Å². The Bertz CT molecular complexity index is 168. The van der Waals surface area contributed by atoms with Crippen molar-refractivity contribution in [2.24, 2.45) is 0 Å². The van der Waals surface area contributed by atoms with Gasteiger partial charge in [0.2, 0.25) is 0 Å². The van der Waals surface area contributed by atoms with Crippen molar-refractivity contribution < 1.29 is 66.2 Å². The van der Waals surface area contributed by atoms with Crippen molar-refractivity contribution in [2.45, 2.75) is 0 Å². The van der Waals surface area contributed by atoms with E-state index in [1.165, 1.54) is 0 Å². The predicted molar refractivity (Wildman–Crippen MR) is 10.7 cm³/mol. The van der Waals surface area contributed by atoms with Crippen molar-refractivity contribution in [1.29, 1.82) is 0 Å². The Kier molecular flexibility index (Phi) is 16.6. The molecule has 0 rings (SSSR count). The summed E-state index contributed by atoms with van der Waals surface area (Å²) in [4.78, 5) is 0. The van der Waals surface area contributed by atoms with Gasteiger partial charge >= 0.3 is 81.7 Å². The van der Waals surface area contributed by atoms with Gasteiger partial charge in [-0.1, -0.05) is 0 Å². The molecule has 0 atom stereocenters. The van der Waals surface area contributed by atoms with E-state index >= 15 is 0 Å². The maximum absolute atomic E-state index is 8.69. The van der Waals surface area contributed by atoms with Crippen LogP contribution in [0.4, 0.5) is 0 Å². The van der Waals surface area contributed by atoms with E-state index in [0.29, 0.717) is 0 Å². The second-order valence-electron chi connectivity index (χ2n) is 0.492. The molecule has 0 fully saturated rings. The van der Waals surface area contributed by atoms with E-state index in [2.05, 4.69) is 0 Å². The minimum absolute atomic E-state index is 0. The molecule has 0 heterocycles. The van der Waals surface area contributed by atoms with E-state index in [1.807, 2.05) is 0 Å². The van der Waals surface area contributed by atoms with Crippen LogP contribution in [0.15, 0.2) is 0 Å². The first kappa shape index (κ1) is 16.5. The first-order chi connectivity index (χ1) is 3.41. The van der Waals surface area contributed by atoms with Crippen LogP contribution in [0.5, 0.6) is 0 Å². The van der Waals surface area contributed by atoms with Crippen molar-refractivity contribution in [3.8, 4) is 0 Å². The molecule has 0 saturated heterocycles. The summed E-state index contributed by atoms with van der Waals surface area (Å²) in [6, 6.07) is 0. The first-order valence-corrected chi connectivity index (χ1v) is 4.02. The molecule has 0 aromatic rings. The van der Waals surface area contributed by atoms with E-state index in [0.717, 1.165) is 0 Å². The molecule has 0 aliphatic heterocycles. The van der Waals surface area contributed by atoms with Crippen LogP contribution >= 0.6 is 0 Å². The fourth-order valence-corrected chi connectivity index (χ4v) is 0. The first-order valence-electron chi connectivity index (χ1n) is 1.10. The molecule has 0 saturated carbocycles. The Hall–Kier alpha value is 1.01. The monoisotopic (exact) mass is 202 g/mol. The quantitative estimate of drug-likeness (QED) is 0.392. The summed E-state index contributed by atoms with van der Waals surface area (Å²) in [7, 11) is 0. The zero-order valence-corrected chi connectivity index (χ0v) is 8.78. The predicted octanol–water partition coefficient (Wildman–Crippen LogP) is -5.60. The Balaban J connectivity index is -0.0000000800. The molecule has 0 unspecified atom stereocenters. The molecule has 9 heteroatoms. The van der Waals surface area contributed by atoms with Crippen LogP contribution in [0, 0.1) is 0 Å². The van der Waals surface area contributed by atoms with Gasteiger partial charge in [-0.05, 0) is 0 Å². The summed E-state index contributed by atoms with van der Waals surface area (Å²) in [6.45, 7) is 0. The molecule has 48 valence electrons. The van der Waals surface area contributed by atoms with Crippen molar-refractivity contribution >= 4 is 15.5 Å². The molecule has 6 nitrogen and oxygen atoms in total. The summed E-state index contributed by atoms with van der Waals surface area (Å²) < 4.78 is 50.0. The van der Waals surface area contributed by atoms with E-state index in [1.54, 1.807) is 0 Å². The standard InChI is InChI=1S/Al.Mn.Na.H2O.5O/h;;;1H2;;;;;/q;2*+1;;;;;;-1/p-1. The van der Waals surface area contributed by atoms with Crippen molar-refractivity contribution in [3.63, 3.8) is 0 Å². The zero-order chi connectivity index (χ0) is 7.21. The third kappa shape index (κ3) is 433. The van der Waals surface area contributed by atoms with Crippen LogP contribution in [0.25, 0.3) is 0 Å². The minimum atomic E-state index is -5.38. The molecule has 0 spiro atoms. The number of hydrogen-bond donors (Lipinski definition) is 1. The van der Waals surface area contributed by atoms with Crippen LogP contribution in [0.1, 0.15) is 0 Å². The third-order valence-electron chi connectivity index (χ3n) is 0. The fourth-order valence-electron chi connectivity index (χ4n) is 0. The van der Waals surface area contributed by atoms with E-state index in [4.69, 9.17) is 23.7 Å². The van der Waals surface area contributed by atoms with Gasteiger partial charge < -0.3 is 0 Å². The zero-order valence-electron chi connectivity index (χ0n) is 4.44. The Morgan fingerprint density at radius 3 is 1.33 bits per heavy atom. The molecule has 0 bridgehead atoms. The summed E-state index contributed by atoms with van der Waals surface area (Å²) in [5, 5.41) is 0. The Morgan fingerprint density at radius 1 is 1.33 bits per heavy atom. The second-order valence-corrected chi connectivity index (χ2v) is 1.92. The van der Waals surface area contributed by atoms with Crippen molar-refractivity contribution in [1.82, 2.24) is 0 Å². The molecule has 0 aromatic carbocycles. The SMILES string of the molecule is [Na+].[O]=[Al][O-].[O]=[Mn](=[O])(=[O])[OH]. The van der Waals surface area contributed by atoms with Crippen LogP contribution in [0.2, 0.25) is 0 Å². The van der Waals surface area contributed by atoms with Gasteiger partial charge in [-0.3, -0.25) is 0 Å². The molecular formula is HAlMnNaO6. The number of rotatable bonds is 0. The van der Waals surface area contributed by atoms with Gasteiger partial charge in [-0.15, -0.1) is 0 Å². The van der Waals surface area contributed by atoms with Gasteiger partial charge in [0.25, 0.3) is 0 Å². The molecule has 0 aromatic heterocycles. The average molecular weight is 202 g/mol. The van der Waals surface area contributed by atoms with Crippen molar-refractivity contribution in [3.05, 3.63) is 0 Å². The Morgan fingerprint density at radius 2 is 1.33 bits per heavy atom. The van der Waals surface area contributed by atoms with Crippen LogP contribution in [-0.2, 0) is 28.3 Å². The second kappa shape index (κ2) is 9.01. The van der Waals surface area contributed by atoms with Gasteiger partial charge in [0.15, 0.2) is 0 Å². The summed E-state index contributed by atoms with van der Waals surface area (Å²) in [5.74, 6) is 0. The average Bonchev–Trinajstić information content (AvgIpc) is 1.27. The van der Waals surface area contributed by atoms with Crippen molar-refractivity contribution in [2.75, 3.05) is 0 Å². The van der Waals surface area contributed by atoms with Crippen LogP contribution < -0.4 is 33.7 Å². The van der Waals surface area contributed by atoms with E-state index < -0.39 is 28.5 Å². The van der Waals surface area contributed by atoms with Gasteiger partial charge in [0.05, 0.1) is 0 Å². The van der Waals surface area contributed by atoms with Gasteiger partial charge in [-0.2, -0.15) is 0 Å². The molecule has 9 heavy (non-hydrogen) atoms. The fraction of sp³-hybridized carbons (Fsp3) is 0. The van der Waals surface area contributed by atoms with Crippen LogP contribution in [-0.4, -0.2) is 19.7 Å². The molecule has 0 radical (unpaired) electrons. The molecule has 0 aliphatic rings. The summed E-state index contributed by atoms with van der Waals surface area (Å²) in [5.41, 5.74) is 0. The maximum atomic E-state index is 8.69. The van der Waals surface area contributed by atoms with Gasteiger partial charge in [0, 0.05) is 0 Å². The molecule has 0 aliphatic carbocycles. The third-order valence-corrected chi connectivity index (χ3v) is 0. The summed E-state index contributed by atoms with van der Waals surface area (Å²) in [6.07, 6.45) is 0. The molecule has 0 amide bonds. The topological polar surface area (TPSA) is 112 Å². The van der Waals surface area contributed by atoms with Gasteiger partial charge in [-0.25, -0.2) is 0 Å². The molecule has 1 N–H and O–H groups in total.